The van der Waals surface area contributed by atoms with E-state index in [1.54, 1.807) is 30.0 Å². The lowest BCUT2D eigenvalue weighted by molar-refractivity contribution is -0.911. The van der Waals surface area contributed by atoms with Gasteiger partial charge in [-0.05, 0) is 42.1 Å². The van der Waals surface area contributed by atoms with Crippen molar-refractivity contribution in [3.8, 4) is 11.8 Å². The second kappa shape index (κ2) is 8.03. The molecule has 0 aliphatic carbocycles. The Hall–Kier alpha value is -2.21. The fraction of sp³-hybridized carbons (Fsp3) is 0.300. The van der Waals surface area contributed by atoms with Crippen LogP contribution in [0.5, 0.6) is 5.75 Å². The van der Waals surface area contributed by atoms with Crippen molar-refractivity contribution in [2.24, 2.45) is 0 Å². The molecule has 4 rings (SSSR count). The van der Waals surface area contributed by atoms with Crippen LogP contribution in [0.2, 0.25) is 0 Å². The molecule has 1 N–H and O–H groups in total. The van der Waals surface area contributed by atoms with Crippen LogP contribution in [-0.2, 0) is 11.3 Å². The summed E-state index contributed by atoms with van der Waals surface area (Å²) in [6.07, 6.45) is 1.92. The Kier molecular flexibility index (Phi) is 5.49. The topological polar surface area (TPSA) is 70.9 Å². The average Bonchev–Trinajstić information content (AvgIpc) is 3.21. The second-order valence-corrected chi connectivity index (χ2v) is 8.63. The lowest BCUT2D eigenvalue weighted by Gasteiger charge is -2.39. The van der Waals surface area contributed by atoms with Crippen LogP contribution in [0.4, 0.5) is 0 Å². The van der Waals surface area contributed by atoms with Gasteiger partial charge in [0.2, 0.25) is 5.91 Å². The Bertz CT molecular complexity index is 968. The third kappa shape index (κ3) is 3.58. The van der Waals surface area contributed by atoms with Gasteiger partial charge in [0.15, 0.2) is 12.4 Å². The molecule has 1 amide bonds. The first-order chi connectivity index (χ1) is 13.6. The van der Waals surface area contributed by atoms with Crippen molar-refractivity contribution >= 4 is 33.6 Å². The normalized spacial score (nSPS) is 22.0. The van der Waals surface area contributed by atoms with Crippen molar-refractivity contribution in [1.82, 2.24) is 4.90 Å². The molecule has 2 atom stereocenters. The van der Waals surface area contributed by atoms with Crippen molar-refractivity contribution in [2.75, 3.05) is 19.7 Å². The van der Waals surface area contributed by atoms with Gasteiger partial charge in [0, 0.05) is 22.4 Å². The second-order valence-electron chi connectivity index (χ2n) is 6.75. The number of halogens is 1. The predicted octanol–water partition coefficient (Wildman–Crippen LogP) is 2.85. The Labute approximate surface area is 175 Å². The van der Waals surface area contributed by atoms with Crippen LogP contribution < -0.4 is 9.64 Å². The number of amides is 1. The van der Waals surface area contributed by atoms with Gasteiger partial charge < -0.3 is 14.1 Å². The molecule has 1 fully saturated rings. The van der Waals surface area contributed by atoms with E-state index >= 15 is 0 Å². The van der Waals surface area contributed by atoms with E-state index in [-0.39, 0.29) is 18.2 Å². The molecule has 0 spiro atoms. The number of nitrogens with one attached hydrogen (secondary N) is 1. The third-order valence-electron chi connectivity index (χ3n) is 4.99. The number of methoxy groups -OCH3 is 1. The average molecular weight is 461 g/mol. The van der Waals surface area contributed by atoms with Crippen LogP contribution in [0.3, 0.4) is 0 Å². The number of fused-ring (bicyclic) bond motifs is 1. The summed E-state index contributed by atoms with van der Waals surface area (Å²) in [4.78, 5) is 16.0. The molecule has 6 nitrogen and oxygen atoms in total. The maximum atomic E-state index is 13.0. The Morgan fingerprint density at radius 3 is 3.04 bits per heavy atom. The van der Waals surface area contributed by atoms with Gasteiger partial charge in [-0.2, -0.15) is 5.26 Å². The van der Waals surface area contributed by atoms with Crippen molar-refractivity contribution in [2.45, 2.75) is 18.9 Å². The van der Waals surface area contributed by atoms with Gasteiger partial charge in [0.1, 0.15) is 23.2 Å². The van der Waals surface area contributed by atoms with Gasteiger partial charge in [-0.3, -0.25) is 9.69 Å². The van der Waals surface area contributed by atoms with Crippen LogP contribution in [-0.4, -0.2) is 30.5 Å². The number of nitriles is 1. The first-order valence-corrected chi connectivity index (χ1v) is 10.7. The maximum absolute atomic E-state index is 13.0. The van der Waals surface area contributed by atoms with Crippen LogP contribution in [0.1, 0.15) is 23.7 Å². The Morgan fingerprint density at radius 2 is 2.32 bits per heavy atom. The molecular weight excluding hydrogens is 442 g/mol. The number of quaternary nitrogens is 1. The molecule has 8 heteroatoms. The summed E-state index contributed by atoms with van der Waals surface area (Å²) in [5.41, 5.74) is 1.50. The van der Waals surface area contributed by atoms with E-state index in [1.807, 2.05) is 30.3 Å². The summed E-state index contributed by atoms with van der Waals surface area (Å²) in [5.74, 6) is 2.09. The van der Waals surface area contributed by atoms with Crippen molar-refractivity contribution < 1.29 is 18.8 Å². The van der Waals surface area contributed by atoms with E-state index in [0.29, 0.717) is 24.5 Å². The molecule has 1 aromatic carbocycles. The summed E-state index contributed by atoms with van der Waals surface area (Å²) >= 11 is 5.05. The van der Waals surface area contributed by atoms with Gasteiger partial charge >= 0.3 is 0 Å². The molecule has 0 radical (unpaired) electrons. The van der Waals surface area contributed by atoms with Gasteiger partial charge in [0.05, 0.1) is 25.0 Å². The zero-order chi connectivity index (χ0) is 19.7. The monoisotopic (exact) mass is 460 g/mol. The summed E-state index contributed by atoms with van der Waals surface area (Å²) in [5, 5.41) is 10.7. The minimum Gasteiger partial charge on any atom is -0.496 e. The molecule has 28 heavy (non-hydrogen) atoms. The third-order valence-corrected chi connectivity index (χ3v) is 6.75. The highest BCUT2D eigenvalue weighted by atomic mass is 79.9. The maximum Gasteiger partial charge on any atom is 0.232 e. The van der Waals surface area contributed by atoms with Gasteiger partial charge in [0.25, 0.3) is 0 Å². The lowest BCUT2D eigenvalue weighted by atomic mass is 9.86. The number of hydrogen-bond donors (Lipinski definition) is 1. The minimum atomic E-state index is -0.296. The molecule has 2 aliphatic heterocycles. The number of rotatable bonds is 4. The number of ether oxygens (including phenoxy) is 1. The largest absolute Gasteiger partial charge is 0.496 e. The van der Waals surface area contributed by atoms with Crippen LogP contribution in [0.25, 0.3) is 0 Å². The van der Waals surface area contributed by atoms with E-state index in [2.05, 4.69) is 22.0 Å². The summed E-state index contributed by atoms with van der Waals surface area (Å²) in [7, 11) is 1.61. The van der Waals surface area contributed by atoms with Gasteiger partial charge in [-0.15, -0.1) is 0 Å². The van der Waals surface area contributed by atoms with Gasteiger partial charge in [-0.25, -0.2) is 0 Å². The van der Waals surface area contributed by atoms with Crippen LogP contribution in [0, 0.1) is 11.3 Å². The van der Waals surface area contributed by atoms with Crippen LogP contribution >= 0.6 is 27.7 Å². The number of benzene rings is 1. The quantitative estimate of drug-likeness (QED) is 0.759. The summed E-state index contributed by atoms with van der Waals surface area (Å²) in [6.45, 7) is 1.25. The van der Waals surface area contributed by atoms with Gasteiger partial charge in [-0.1, -0.05) is 15.9 Å². The Balaban J connectivity index is 1.65. The first-order valence-electron chi connectivity index (χ1n) is 8.87. The number of thioether (sulfide) groups is 1. The van der Waals surface area contributed by atoms with E-state index < -0.39 is 0 Å². The first kappa shape index (κ1) is 19.1. The summed E-state index contributed by atoms with van der Waals surface area (Å²) in [6, 6.07) is 11.9. The fourth-order valence-corrected chi connectivity index (χ4v) is 5.26. The molecule has 2 aromatic rings. The molecule has 1 aromatic heterocycles. The molecule has 0 saturated carbocycles. The van der Waals surface area contributed by atoms with Crippen LogP contribution in [0.15, 0.2) is 56.1 Å². The number of allylic oxidation sites excluding steroid dienone is 1. The summed E-state index contributed by atoms with van der Waals surface area (Å²) < 4.78 is 11.8. The van der Waals surface area contributed by atoms with E-state index in [4.69, 9.17) is 9.15 Å². The highest BCUT2D eigenvalue weighted by Crippen LogP contribution is 2.43. The minimum absolute atomic E-state index is 0.0326. The standard InChI is InChI=1S/C20H18BrN3O3S/c1-26-18-5-4-13(21)7-16(18)15-8-19(25)24-11-23(10-14-3-2-6-27-14)12-28-20(24)17(15)9-22/h2-7,15H,8,10-12H2,1H3/p+1/t15-/m0/s1. The highest BCUT2D eigenvalue weighted by molar-refractivity contribution is 9.10. The zero-order valence-electron chi connectivity index (χ0n) is 15.3. The SMILES string of the molecule is COc1ccc(Br)cc1[C@@H]1CC(=O)N2C[NH+](Cc3ccco3)CSC2=C1C#N. The molecule has 1 saturated heterocycles. The van der Waals surface area contributed by atoms with Crippen molar-refractivity contribution in [3.05, 3.63) is 63.0 Å². The molecular formula is C20H19BrN3O3S+. The van der Waals surface area contributed by atoms with E-state index in [9.17, 15) is 10.1 Å². The number of carbonyl (C=O) groups excluding carboxylic acids is 1. The molecule has 144 valence electrons. The number of furan rings is 1. The van der Waals surface area contributed by atoms with E-state index in [0.717, 1.165) is 26.7 Å². The number of nitrogens with zero attached hydrogens (tertiary/aromatic N) is 2. The molecule has 1 unspecified atom stereocenters. The fourth-order valence-electron chi connectivity index (χ4n) is 3.69. The van der Waals surface area contributed by atoms with Crippen molar-refractivity contribution in [1.29, 1.82) is 5.26 Å². The molecule has 2 aliphatic rings. The number of carbonyl (C=O) groups is 1. The highest BCUT2D eigenvalue weighted by Gasteiger charge is 2.40. The van der Waals surface area contributed by atoms with E-state index in [1.165, 1.54) is 4.90 Å². The predicted molar refractivity (Wildman–Crippen MR) is 108 cm³/mol. The Morgan fingerprint density at radius 1 is 1.46 bits per heavy atom. The smallest absolute Gasteiger partial charge is 0.232 e. The number of hydrogen-bond acceptors (Lipinski definition) is 5. The lowest BCUT2D eigenvalue weighted by Crippen LogP contribution is -3.12. The molecule has 3 heterocycles. The zero-order valence-corrected chi connectivity index (χ0v) is 17.7. The molecule has 0 bridgehead atoms. The van der Waals surface area contributed by atoms with Crippen molar-refractivity contribution in [3.63, 3.8) is 0 Å².